The molecule has 0 bridgehead atoms. The van der Waals surface area contributed by atoms with Gasteiger partial charge in [-0.15, -0.1) is 0 Å². The average Bonchev–Trinajstić information content (AvgIpc) is 3.15. The molecule has 28 heavy (non-hydrogen) atoms. The number of nitrogens with zero attached hydrogens (tertiary/aromatic N) is 4. The van der Waals surface area contributed by atoms with E-state index in [2.05, 4.69) is 26.8 Å². The van der Waals surface area contributed by atoms with E-state index in [9.17, 15) is 0 Å². The maximum absolute atomic E-state index is 8.81. The normalized spacial score (nSPS) is 10.6. The number of nitrogens with two attached hydrogens (primary N) is 1. The molecule has 1 aromatic carbocycles. The van der Waals surface area contributed by atoms with Crippen molar-refractivity contribution >= 4 is 11.5 Å². The van der Waals surface area contributed by atoms with E-state index in [0.29, 0.717) is 11.4 Å². The highest BCUT2D eigenvalue weighted by molar-refractivity contribution is 5.72. The summed E-state index contributed by atoms with van der Waals surface area (Å²) in [5.74, 6) is 0.501. The Morgan fingerprint density at radius 1 is 1.11 bits per heavy atom. The van der Waals surface area contributed by atoms with E-state index in [4.69, 9.17) is 11.0 Å². The molecule has 0 saturated heterocycles. The first-order valence-electron chi connectivity index (χ1n) is 9.34. The fraction of sp³-hybridized carbons (Fsp3) is 0.286. The molecule has 144 valence electrons. The number of pyridine rings is 1. The monoisotopic (exact) mass is 375 g/mol. The smallest absolute Gasteiger partial charge is 0.146 e. The molecule has 0 aliphatic carbocycles. The summed E-state index contributed by atoms with van der Waals surface area (Å²) < 4.78 is 1.77. The lowest BCUT2D eigenvalue weighted by Crippen LogP contribution is -2.20. The fourth-order valence-electron chi connectivity index (χ4n) is 2.89. The van der Waals surface area contributed by atoms with Crippen LogP contribution in [-0.4, -0.2) is 34.4 Å². The van der Waals surface area contributed by atoms with Gasteiger partial charge in [-0.3, -0.25) is 4.68 Å². The number of hydrogen-bond donors (Lipinski definition) is 3. The second-order valence-electron chi connectivity index (χ2n) is 6.65. The molecule has 3 rings (SSSR count). The summed E-state index contributed by atoms with van der Waals surface area (Å²) in [4.78, 5) is 4.28. The van der Waals surface area contributed by atoms with Gasteiger partial charge < -0.3 is 16.4 Å². The summed E-state index contributed by atoms with van der Waals surface area (Å²) >= 11 is 0. The van der Waals surface area contributed by atoms with Gasteiger partial charge in [0, 0.05) is 37.1 Å². The van der Waals surface area contributed by atoms with E-state index < -0.39 is 0 Å². The Balaban J connectivity index is 1.38. The van der Waals surface area contributed by atoms with Gasteiger partial charge >= 0.3 is 0 Å². The molecule has 0 aliphatic heterocycles. The molecule has 7 heteroatoms. The van der Waals surface area contributed by atoms with Crippen LogP contribution in [0.25, 0.3) is 11.1 Å². The zero-order valence-corrected chi connectivity index (χ0v) is 16.0. The molecule has 0 aliphatic rings. The Morgan fingerprint density at radius 3 is 2.64 bits per heavy atom. The number of aryl methyl sites for hydroxylation is 1. The molecule has 0 unspecified atom stereocenters. The van der Waals surface area contributed by atoms with Crippen LogP contribution in [0.3, 0.4) is 0 Å². The summed E-state index contributed by atoms with van der Waals surface area (Å²) in [5, 5.41) is 19.8. The fourth-order valence-corrected chi connectivity index (χ4v) is 2.89. The number of benzene rings is 1. The average molecular weight is 375 g/mol. The quantitative estimate of drug-likeness (QED) is 0.497. The van der Waals surface area contributed by atoms with E-state index >= 15 is 0 Å². The van der Waals surface area contributed by atoms with E-state index in [1.165, 1.54) is 5.56 Å². The van der Waals surface area contributed by atoms with Crippen LogP contribution in [0.1, 0.15) is 17.5 Å². The number of nitriles is 1. The standard InChI is InChI=1S/C21H25N7/c1-28-15-19(14-27-28)18-11-20(21(23)26-13-18)25-9-2-8-24-10-7-16-3-5-17(12-22)6-4-16/h3-6,11,13-15,24-25H,2,7-10H2,1H3,(H2,23,26). The second-order valence-corrected chi connectivity index (χ2v) is 6.65. The van der Waals surface area contributed by atoms with Crippen LogP contribution in [0.2, 0.25) is 0 Å². The lowest BCUT2D eigenvalue weighted by atomic mass is 10.1. The number of aromatic nitrogens is 3. The summed E-state index contributed by atoms with van der Waals surface area (Å²) in [6.07, 6.45) is 7.46. The van der Waals surface area contributed by atoms with Crippen LogP contribution >= 0.6 is 0 Å². The minimum atomic E-state index is 0.501. The molecule has 0 radical (unpaired) electrons. The van der Waals surface area contributed by atoms with Crippen LogP contribution in [0.4, 0.5) is 11.5 Å². The van der Waals surface area contributed by atoms with Crippen LogP contribution in [0.5, 0.6) is 0 Å². The zero-order valence-electron chi connectivity index (χ0n) is 16.0. The molecular weight excluding hydrogens is 350 g/mol. The molecule has 3 aromatic rings. The van der Waals surface area contributed by atoms with Crippen molar-refractivity contribution in [3.8, 4) is 17.2 Å². The summed E-state index contributed by atoms with van der Waals surface area (Å²) in [7, 11) is 1.89. The predicted molar refractivity (Wildman–Crippen MR) is 112 cm³/mol. The van der Waals surface area contributed by atoms with Gasteiger partial charge in [0.15, 0.2) is 0 Å². The lowest BCUT2D eigenvalue weighted by molar-refractivity contribution is 0.660. The third-order valence-electron chi connectivity index (χ3n) is 4.48. The van der Waals surface area contributed by atoms with Crippen molar-refractivity contribution in [3.05, 3.63) is 60.0 Å². The molecule has 0 amide bonds. The minimum Gasteiger partial charge on any atom is -0.382 e. The summed E-state index contributed by atoms with van der Waals surface area (Å²) in [5.41, 5.74) is 10.8. The number of nitrogens with one attached hydrogen (secondary N) is 2. The maximum Gasteiger partial charge on any atom is 0.146 e. The van der Waals surface area contributed by atoms with Gasteiger partial charge in [0.2, 0.25) is 0 Å². The molecule has 7 nitrogen and oxygen atoms in total. The van der Waals surface area contributed by atoms with Gasteiger partial charge in [0.05, 0.1) is 23.5 Å². The van der Waals surface area contributed by atoms with E-state index in [-0.39, 0.29) is 0 Å². The van der Waals surface area contributed by atoms with Crippen LogP contribution < -0.4 is 16.4 Å². The Labute approximate surface area is 165 Å². The molecule has 0 fully saturated rings. The van der Waals surface area contributed by atoms with Crippen molar-refractivity contribution in [1.29, 1.82) is 5.26 Å². The van der Waals surface area contributed by atoms with Crippen LogP contribution in [0.15, 0.2) is 48.9 Å². The Hall–Kier alpha value is -3.37. The van der Waals surface area contributed by atoms with Gasteiger partial charge in [-0.1, -0.05) is 12.1 Å². The zero-order chi connectivity index (χ0) is 19.8. The maximum atomic E-state index is 8.81. The van der Waals surface area contributed by atoms with Crippen molar-refractivity contribution < 1.29 is 0 Å². The number of anilines is 2. The summed E-state index contributed by atoms with van der Waals surface area (Å²) in [6, 6.07) is 11.9. The van der Waals surface area contributed by atoms with Gasteiger partial charge in [-0.05, 0) is 49.7 Å². The largest absolute Gasteiger partial charge is 0.382 e. The molecule has 2 aromatic heterocycles. The predicted octanol–water partition coefficient (Wildman–Crippen LogP) is 2.57. The highest BCUT2D eigenvalue weighted by Gasteiger charge is 2.06. The topological polar surface area (TPSA) is 105 Å². The van der Waals surface area contributed by atoms with E-state index in [0.717, 1.165) is 49.3 Å². The SMILES string of the molecule is Cn1cc(-c2cnc(N)c(NCCCNCCc3ccc(C#N)cc3)c2)cn1. The number of hydrogen-bond acceptors (Lipinski definition) is 6. The van der Waals surface area contributed by atoms with Crippen molar-refractivity contribution in [2.45, 2.75) is 12.8 Å². The van der Waals surface area contributed by atoms with Gasteiger partial charge in [-0.25, -0.2) is 4.98 Å². The van der Waals surface area contributed by atoms with Gasteiger partial charge in [0.1, 0.15) is 5.82 Å². The third kappa shape index (κ3) is 5.32. The molecule has 4 N–H and O–H groups in total. The highest BCUT2D eigenvalue weighted by Crippen LogP contribution is 2.24. The van der Waals surface area contributed by atoms with Gasteiger partial charge in [-0.2, -0.15) is 10.4 Å². The highest BCUT2D eigenvalue weighted by atomic mass is 15.2. The first kappa shape index (κ1) is 19.4. The van der Waals surface area contributed by atoms with Crippen LogP contribution in [0, 0.1) is 11.3 Å². The number of nitrogen functional groups attached to an aromatic ring is 1. The Morgan fingerprint density at radius 2 is 1.93 bits per heavy atom. The number of rotatable bonds is 9. The third-order valence-corrected chi connectivity index (χ3v) is 4.48. The minimum absolute atomic E-state index is 0.501. The molecule has 2 heterocycles. The first-order valence-corrected chi connectivity index (χ1v) is 9.34. The van der Waals surface area contributed by atoms with Crippen molar-refractivity contribution in [2.24, 2.45) is 7.05 Å². The van der Waals surface area contributed by atoms with Crippen LogP contribution in [-0.2, 0) is 13.5 Å². The second kappa shape index (κ2) is 9.53. The van der Waals surface area contributed by atoms with Crippen molar-refractivity contribution in [1.82, 2.24) is 20.1 Å². The Bertz CT molecular complexity index is 938. The van der Waals surface area contributed by atoms with E-state index in [1.54, 1.807) is 10.9 Å². The van der Waals surface area contributed by atoms with E-state index in [1.807, 2.05) is 49.8 Å². The van der Waals surface area contributed by atoms with Gasteiger partial charge in [0.25, 0.3) is 0 Å². The molecule has 0 atom stereocenters. The molecule has 0 saturated carbocycles. The molecule has 0 spiro atoms. The van der Waals surface area contributed by atoms with Crippen molar-refractivity contribution in [2.75, 3.05) is 30.7 Å². The lowest BCUT2D eigenvalue weighted by Gasteiger charge is -2.10. The summed E-state index contributed by atoms with van der Waals surface area (Å²) in [6.45, 7) is 2.64. The first-order chi connectivity index (χ1) is 13.7. The molecular formula is C21H25N7. The Kier molecular flexibility index (Phi) is 6.60. The van der Waals surface area contributed by atoms with Crippen molar-refractivity contribution in [3.63, 3.8) is 0 Å².